The molecule has 2 amide bonds. The summed E-state index contributed by atoms with van der Waals surface area (Å²) in [6.45, 7) is 14.4. The van der Waals surface area contributed by atoms with E-state index in [-0.39, 0.29) is 12.2 Å². The van der Waals surface area contributed by atoms with Gasteiger partial charge in [-0.3, -0.25) is 0 Å². The first-order chi connectivity index (χ1) is 28.5. The van der Waals surface area contributed by atoms with Gasteiger partial charge in [0.15, 0.2) is 0 Å². The number of rotatable bonds is 12. The predicted octanol–water partition coefficient (Wildman–Crippen LogP) is 10.8. The molecule has 0 unspecified atom stereocenters. The van der Waals surface area contributed by atoms with Crippen LogP contribution in [0.25, 0.3) is 21.8 Å². The van der Waals surface area contributed by atoms with E-state index in [9.17, 15) is 9.59 Å². The van der Waals surface area contributed by atoms with E-state index in [1.165, 1.54) is 20.9 Å². The molecule has 0 saturated heterocycles. The van der Waals surface area contributed by atoms with E-state index in [0.717, 1.165) is 50.9 Å². The average Bonchev–Trinajstić information content (AvgIpc) is 3.75. The number of likely N-dealkylation sites (N-methyl/N-ethyl adjacent to an activating group) is 2. The molecule has 0 fully saturated rings. The van der Waals surface area contributed by atoms with Gasteiger partial charge in [0.2, 0.25) is 0 Å². The molecule has 0 saturated carbocycles. The summed E-state index contributed by atoms with van der Waals surface area (Å²) in [5.41, 5.74) is 3.71. The van der Waals surface area contributed by atoms with Crippen LogP contribution in [0.1, 0.15) is 52.7 Å². The van der Waals surface area contributed by atoms with Crippen molar-refractivity contribution in [1.29, 1.82) is 0 Å². The van der Waals surface area contributed by atoms with Gasteiger partial charge in [0.05, 0.1) is 29.5 Å². The summed E-state index contributed by atoms with van der Waals surface area (Å²) in [6.07, 6.45) is 3.46. The van der Waals surface area contributed by atoms with Gasteiger partial charge < -0.3 is 37.9 Å². The molecule has 2 aromatic heterocycles. The molecule has 1 radical (unpaired) electrons. The van der Waals surface area contributed by atoms with E-state index in [0.29, 0.717) is 26.3 Å². The van der Waals surface area contributed by atoms with Crippen molar-refractivity contribution >= 4 is 70.4 Å². The Labute approximate surface area is 369 Å². The van der Waals surface area contributed by atoms with Gasteiger partial charge in [0.25, 0.3) is 0 Å². The number of nitrogens with zero attached hydrogens (tertiary/aromatic N) is 5. The van der Waals surface area contributed by atoms with Crippen molar-refractivity contribution < 1.29 is 28.5 Å². The number of carbonyl (C=O) groups excluding carboxylic acids is 2. The van der Waals surface area contributed by atoms with E-state index >= 15 is 0 Å². The van der Waals surface area contributed by atoms with Crippen LogP contribution in [0.15, 0.2) is 124 Å². The number of ether oxygens (including phenoxy) is 4. The summed E-state index contributed by atoms with van der Waals surface area (Å²) in [5, 5.41) is 2.10. The van der Waals surface area contributed by atoms with Crippen molar-refractivity contribution in [1.82, 2.24) is 18.9 Å². The van der Waals surface area contributed by atoms with Crippen LogP contribution >= 0.6 is 28.7 Å². The van der Waals surface area contributed by atoms with E-state index in [1.54, 1.807) is 14.1 Å². The number of thiol groups is 1. The van der Waals surface area contributed by atoms with Crippen molar-refractivity contribution in [3.63, 3.8) is 0 Å². The zero-order chi connectivity index (χ0) is 43.9. The van der Waals surface area contributed by atoms with Crippen molar-refractivity contribution in [3.8, 4) is 11.5 Å². The maximum absolute atomic E-state index is 12.1. The molecule has 0 N–H and O–H groups in total. The predicted molar refractivity (Wildman–Crippen MR) is 249 cm³/mol. The Bertz CT molecular complexity index is 2290. The van der Waals surface area contributed by atoms with Crippen LogP contribution in [-0.2, 0) is 22.6 Å². The number of aromatic nitrogens is 2. The second-order valence-electron chi connectivity index (χ2n) is 16.0. The van der Waals surface area contributed by atoms with Crippen LogP contribution in [0.5, 0.6) is 11.5 Å². The Morgan fingerprint density at radius 2 is 1.12 bits per heavy atom. The van der Waals surface area contributed by atoms with Crippen LogP contribution < -0.4 is 9.47 Å². The first-order valence-electron chi connectivity index (χ1n) is 19.6. The van der Waals surface area contributed by atoms with Crippen molar-refractivity contribution in [2.24, 2.45) is 4.30 Å². The van der Waals surface area contributed by atoms with E-state index in [4.69, 9.17) is 18.9 Å². The summed E-state index contributed by atoms with van der Waals surface area (Å²) >= 11 is 6.87. The molecule has 6 aromatic rings. The van der Waals surface area contributed by atoms with Gasteiger partial charge in [-0.1, -0.05) is 72.8 Å². The first-order valence-corrected chi connectivity index (χ1v) is 20.8. The minimum absolute atomic E-state index is 0.344. The van der Waals surface area contributed by atoms with E-state index < -0.39 is 11.2 Å². The molecule has 0 aliphatic rings. The number of carbonyl (C=O) groups is 2. The Kier molecular flexibility index (Phi) is 17.7. The summed E-state index contributed by atoms with van der Waals surface area (Å²) in [6, 6.07) is 34.9. The standard InChI is InChI=1S/C23H27BrN2O3.C23H28N2O3.BHNS/c1-23(2,3)29-22(27)25(4)13-14-28-20-12-8-11-19-21(20)18(24)16-26(19)15-17-9-6-5-7-10-17;1-23(2,3)28-22(26)24(4)15-16-27-21-12-8-11-20-19(21)13-14-25(20)17-18-9-6-5-7-10-18;1-2-3/h5-12,16H,13-15H2,1-4H3;5-14H,15-17H2,1-4H3;3H. The summed E-state index contributed by atoms with van der Waals surface area (Å²) in [7, 11) is 7.77. The Morgan fingerprint density at radius 1 is 0.667 bits per heavy atom. The molecule has 2 heterocycles. The Morgan fingerprint density at radius 3 is 1.62 bits per heavy atom. The Hall–Kier alpha value is -5.21. The monoisotopic (exact) mass is 896 g/mol. The molecule has 0 aliphatic heterocycles. The zero-order valence-electron chi connectivity index (χ0n) is 35.8. The third-order valence-electron chi connectivity index (χ3n) is 8.77. The van der Waals surface area contributed by atoms with Crippen LogP contribution in [0.2, 0.25) is 0 Å². The fourth-order valence-electron chi connectivity index (χ4n) is 5.99. The maximum atomic E-state index is 12.1. The number of hydrogen-bond donors (Lipinski definition) is 1. The van der Waals surface area contributed by atoms with Gasteiger partial charge in [-0.2, -0.15) is 0 Å². The molecule has 14 heteroatoms. The van der Waals surface area contributed by atoms with Crippen LogP contribution in [0.4, 0.5) is 9.59 Å². The molecular weight excluding hydrogens is 841 g/mol. The van der Waals surface area contributed by atoms with Crippen molar-refractivity contribution in [2.45, 2.75) is 65.8 Å². The molecular formula is C46H56BBrN5O6S. The van der Waals surface area contributed by atoms with Gasteiger partial charge in [0.1, 0.15) is 35.9 Å². The molecule has 317 valence electrons. The molecule has 0 spiro atoms. The van der Waals surface area contributed by atoms with Crippen LogP contribution in [0.3, 0.4) is 0 Å². The second kappa shape index (κ2) is 22.4. The number of benzene rings is 4. The average molecular weight is 898 g/mol. The molecule has 0 atom stereocenters. The SMILES string of the molecule is CN(CCOc1cccc2c1c(Br)cn2Cc1ccccc1)C(=O)OC(C)(C)C.CN(CCOc1cccc2c1ccn2Cc1ccccc1)C(=O)OC(C)(C)C.[B]=NS. The summed E-state index contributed by atoms with van der Waals surface area (Å²) < 4.78 is 30.8. The van der Waals surface area contributed by atoms with Gasteiger partial charge in [-0.15, -0.1) is 0 Å². The van der Waals surface area contributed by atoms with Gasteiger partial charge >= 0.3 is 36.9 Å². The topological polar surface area (TPSA) is 99.8 Å². The van der Waals surface area contributed by atoms with Crippen LogP contribution in [-0.4, -0.2) is 90.4 Å². The molecule has 4 aromatic carbocycles. The number of fused-ring (bicyclic) bond motifs is 2. The van der Waals surface area contributed by atoms with Crippen LogP contribution in [0, 0.1) is 0 Å². The summed E-state index contributed by atoms with van der Waals surface area (Å²) in [5.74, 6) is 1.61. The van der Waals surface area contributed by atoms with Crippen molar-refractivity contribution in [2.75, 3.05) is 40.4 Å². The number of halogens is 1. The van der Waals surface area contributed by atoms with Crippen molar-refractivity contribution in [3.05, 3.63) is 131 Å². The number of amides is 2. The molecule has 0 bridgehead atoms. The first kappa shape index (κ1) is 47.5. The quantitative estimate of drug-likeness (QED) is 0.0970. The zero-order valence-corrected chi connectivity index (χ0v) is 38.3. The Balaban J connectivity index is 0.000000249. The normalized spacial score (nSPS) is 11.1. The minimum atomic E-state index is -0.510. The second-order valence-corrected chi connectivity index (χ2v) is 17.1. The van der Waals surface area contributed by atoms with Gasteiger partial charge in [-0.25, -0.2) is 9.59 Å². The number of hydrogen-bond acceptors (Lipinski definition) is 8. The fourth-order valence-corrected chi connectivity index (χ4v) is 6.63. The molecule has 6 rings (SSSR count). The third kappa shape index (κ3) is 14.8. The summed E-state index contributed by atoms with van der Waals surface area (Å²) in [4.78, 5) is 27.2. The van der Waals surface area contributed by atoms with E-state index in [1.807, 2.05) is 90.1 Å². The molecule has 0 aliphatic carbocycles. The molecule has 11 nitrogen and oxygen atoms in total. The molecule has 60 heavy (non-hydrogen) atoms. The third-order valence-corrected chi connectivity index (χ3v) is 9.37. The fraction of sp³-hybridized carbons (Fsp3) is 0.348. The van der Waals surface area contributed by atoms with Gasteiger partial charge in [0, 0.05) is 49.4 Å². The van der Waals surface area contributed by atoms with E-state index in [2.05, 4.69) is 117 Å². The van der Waals surface area contributed by atoms with Gasteiger partial charge in [-0.05, 0) is 98.9 Å².